The van der Waals surface area contributed by atoms with E-state index in [-0.39, 0.29) is 5.82 Å². The van der Waals surface area contributed by atoms with E-state index in [0.717, 1.165) is 15.5 Å². The van der Waals surface area contributed by atoms with Gasteiger partial charge in [0, 0.05) is 27.5 Å². The minimum atomic E-state index is -0.390. The summed E-state index contributed by atoms with van der Waals surface area (Å²) >= 11 is 9.56. The normalized spacial score (nSPS) is 11.4. The molecular weight excluding hydrogens is 443 g/mol. The topological polar surface area (TPSA) is 43.1 Å². The van der Waals surface area contributed by atoms with Crippen molar-refractivity contribution in [2.45, 2.75) is 0 Å². The van der Waals surface area contributed by atoms with Gasteiger partial charge in [-0.25, -0.2) is 14.4 Å². The average Bonchev–Trinajstić information content (AvgIpc) is 3.08. The third kappa shape index (κ3) is 2.85. The molecule has 136 valence electrons. The summed E-state index contributed by atoms with van der Waals surface area (Å²) in [4.78, 5) is 13.8. The van der Waals surface area contributed by atoms with E-state index in [9.17, 15) is 4.39 Å². The van der Waals surface area contributed by atoms with Crippen LogP contribution in [-0.2, 0) is 0 Å². The van der Waals surface area contributed by atoms with E-state index < -0.39 is 0 Å². The summed E-state index contributed by atoms with van der Waals surface area (Å²) in [6.07, 6.45) is 3.61. The van der Waals surface area contributed by atoms with E-state index >= 15 is 0 Å². The number of fused-ring (bicyclic) bond motifs is 2. The number of hydrogen-bond donors (Lipinski definition) is 0. The van der Waals surface area contributed by atoms with Gasteiger partial charge >= 0.3 is 0 Å². The third-order valence-electron chi connectivity index (χ3n) is 4.46. The number of benzene rings is 1. The zero-order valence-electron chi connectivity index (χ0n) is 14.3. The Kier molecular flexibility index (Phi) is 4.10. The maximum absolute atomic E-state index is 14.6. The second-order valence-electron chi connectivity index (χ2n) is 6.25. The van der Waals surface area contributed by atoms with Crippen LogP contribution in [0.2, 0.25) is 5.02 Å². The highest BCUT2D eigenvalue weighted by molar-refractivity contribution is 9.10. The lowest BCUT2D eigenvalue weighted by Gasteiger charge is -2.07. The number of pyridine rings is 3. The van der Waals surface area contributed by atoms with Gasteiger partial charge in [-0.3, -0.25) is 9.38 Å². The summed E-state index contributed by atoms with van der Waals surface area (Å²) in [7, 11) is 0. The molecular formula is C21H11BrClFN4. The quantitative estimate of drug-likeness (QED) is 0.321. The summed E-state index contributed by atoms with van der Waals surface area (Å²) in [6, 6.07) is 15.8. The van der Waals surface area contributed by atoms with Crippen LogP contribution in [-0.4, -0.2) is 19.4 Å². The van der Waals surface area contributed by atoms with Gasteiger partial charge in [-0.05, 0) is 64.5 Å². The molecule has 5 aromatic rings. The van der Waals surface area contributed by atoms with E-state index in [4.69, 9.17) is 16.6 Å². The van der Waals surface area contributed by atoms with E-state index in [1.807, 2.05) is 47.0 Å². The fraction of sp³-hybridized carbons (Fsp3) is 0. The molecule has 7 heteroatoms. The highest BCUT2D eigenvalue weighted by Gasteiger charge is 2.20. The van der Waals surface area contributed by atoms with Crippen LogP contribution in [0.3, 0.4) is 0 Å². The van der Waals surface area contributed by atoms with Crippen LogP contribution < -0.4 is 0 Å². The van der Waals surface area contributed by atoms with E-state index in [1.165, 1.54) is 12.1 Å². The molecule has 0 bridgehead atoms. The van der Waals surface area contributed by atoms with Crippen molar-refractivity contribution in [2.24, 2.45) is 0 Å². The van der Waals surface area contributed by atoms with Crippen LogP contribution in [0.25, 0.3) is 39.3 Å². The van der Waals surface area contributed by atoms with Crippen LogP contribution in [0.4, 0.5) is 4.39 Å². The van der Waals surface area contributed by atoms with Crippen molar-refractivity contribution in [1.29, 1.82) is 0 Å². The largest absolute Gasteiger partial charge is 0.298 e. The van der Waals surface area contributed by atoms with Gasteiger partial charge in [-0.2, -0.15) is 0 Å². The van der Waals surface area contributed by atoms with Gasteiger partial charge in [0.2, 0.25) is 0 Å². The Morgan fingerprint density at radius 2 is 1.86 bits per heavy atom. The molecule has 0 aliphatic carbocycles. The standard InChI is InChI=1S/C21H11BrClFN4/c22-12-9-18-16(25-11-12)6-7-17(26-18)21-20(14-10-13(23)4-5-15(14)24)27-19-3-1-2-8-28(19)21/h1-11H. The molecule has 0 fully saturated rings. The maximum Gasteiger partial charge on any atom is 0.137 e. The number of imidazole rings is 1. The molecule has 0 atom stereocenters. The molecule has 0 spiro atoms. The molecule has 0 aliphatic rings. The first-order valence-electron chi connectivity index (χ1n) is 8.45. The van der Waals surface area contributed by atoms with Gasteiger partial charge in [-0.1, -0.05) is 17.7 Å². The van der Waals surface area contributed by atoms with Crippen molar-refractivity contribution in [1.82, 2.24) is 19.4 Å². The smallest absolute Gasteiger partial charge is 0.137 e. The van der Waals surface area contributed by atoms with Crippen LogP contribution in [0.15, 0.2) is 71.5 Å². The van der Waals surface area contributed by atoms with Crippen LogP contribution in [0.5, 0.6) is 0 Å². The van der Waals surface area contributed by atoms with Crippen LogP contribution in [0, 0.1) is 5.82 Å². The first-order valence-corrected chi connectivity index (χ1v) is 9.62. The van der Waals surface area contributed by atoms with Crippen molar-refractivity contribution in [3.05, 3.63) is 82.3 Å². The Morgan fingerprint density at radius 1 is 0.964 bits per heavy atom. The highest BCUT2D eigenvalue weighted by Crippen LogP contribution is 2.35. The van der Waals surface area contributed by atoms with Gasteiger partial charge in [0.05, 0.1) is 22.4 Å². The molecule has 1 aromatic carbocycles. The monoisotopic (exact) mass is 452 g/mol. The van der Waals surface area contributed by atoms with Crippen LogP contribution in [0.1, 0.15) is 0 Å². The number of hydrogen-bond acceptors (Lipinski definition) is 3. The fourth-order valence-electron chi connectivity index (χ4n) is 3.22. The Hall–Kier alpha value is -2.83. The van der Waals surface area contributed by atoms with E-state index in [0.29, 0.717) is 33.3 Å². The summed E-state index contributed by atoms with van der Waals surface area (Å²) in [6.45, 7) is 0. The van der Waals surface area contributed by atoms with Crippen LogP contribution >= 0.6 is 27.5 Å². The Morgan fingerprint density at radius 3 is 2.75 bits per heavy atom. The zero-order valence-corrected chi connectivity index (χ0v) is 16.6. The maximum atomic E-state index is 14.6. The van der Waals surface area contributed by atoms with Crippen molar-refractivity contribution < 1.29 is 4.39 Å². The lowest BCUT2D eigenvalue weighted by molar-refractivity contribution is 0.631. The predicted molar refractivity (Wildman–Crippen MR) is 112 cm³/mol. The molecule has 4 aromatic heterocycles. The van der Waals surface area contributed by atoms with Gasteiger partial charge < -0.3 is 0 Å². The summed E-state index contributed by atoms with van der Waals surface area (Å²) in [5, 5.41) is 0.444. The predicted octanol–water partition coefficient (Wildman–Crippen LogP) is 6.17. The second-order valence-corrected chi connectivity index (χ2v) is 7.60. The highest BCUT2D eigenvalue weighted by atomic mass is 79.9. The third-order valence-corrected chi connectivity index (χ3v) is 5.13. The van der Waals surface area contributed by atoms with Gasteiger partial charge in [0.15, 0.2) is 0 Å². The number of halogens is 3. The van der Waals surface area contributed by atoms with Crippen molar-refractivity contribution in [3.63, 3.8) is 0 Å². The van der Waals surface area contributed by atoms with E-state index in [1.54, 1.807) is 12.3 Å². The van der Waals surface area contributed by atoms with Gasteiger partial charge in [0.1, 0.15) is 17.2 Å². The molecule has 5 rings (SSSR count). The van der Waals surface area contributed by atoms with Gasteiger partial charge in [0.25, 0.3) is 0 Å². The van der Waals surface area contributed by atoms with Crippen molar-refractivity contribution in [3.8, 4) is 22.6 Å². The number of aromatic nitrogens is 4. The first-order chi connectivity index (χ1) is 13.6. The Bertz CT molecular complexity index is 1370. The van der Waals surface area contributed by atoms with Gasteiger partial charge in [-0.15, -0.1) is 0 Å². The molecule has 4 nitrogen and oxygen atoms in total. The first kappa shape index (κ1) is 17.3. The molecule has 0 N–H and O–H groups in total. The second kappa shape index (κ2) is 6.65. The molecule has 4 heterocycles. The summed E-state index contributed by atoms with van der Waals surface area (Å²) < 4.78 is 17.4. The molecule has 0 aliphatic heterocycles. The SMILES string of the molecule is Fc1ccc(Cl)cc1-c1nc2ccccn2c1-c1ccc2ncc(Br)cc2n1. The Labute approximate surface area is 172 Å². The lowest BCUT2D eigenvalue weighted by atomic mass is 10.1. The zero-order chi connectivity index (χ0) is 19.3. The number of rotatable bonds is 2. The minimum absolute atomic E-state index is 0.334. The van der Waals surface area contributed by atoms with Crippen molar-refractivity contribution >= 4 is 44.2 Å². The van der Waals surface area contributed by atoms with Crippen molar-refractivity contribution in [2.75, 3.05) is 0 Å². The lowest BCUT2D eigenvalue weighted by Crippen LogP contribution is -1.94. The minimum Gasteiger partial charge on any atom is -0.298 e. The molecule has 0 saturated heterocycles. The molecule has 28 heavy (non-hydrogen) atoms. The summed E-state index contributed by atoms with van der Waals surface area (Å²) in [5.74, 6) is -0.390. The molecule has 0 radical (unpaired) electrons. The Balaban J connectivity index is 1.85. The summed E-state index contributed by atoms with van der Waals surface area (Å²) in [5.41, 5.74) is 4.38. The fourth-order valence-corrected chi connectivity index (χ4v) is 3.71. The number of nitrogens with zero attached hydrogens (tertiary/aromatic N) is 4. The van der Waals surface area contributed by atoms with E-state index in [2.05, 4.69) is 25.9 Å². The molecule has 0 unspecified atom stereocenters. The molecule has 0 amide bonds. The average molecular weight is 454 g/mol. The molecule has 0 saturated carbocycles.